The summed E-state index contributed by atoms with van der Waals surface area (Å²) in [7, 11) is -0.791. The van der Waals surface area contributed by atoms with Crippen molar-refractivity contribution in [3.8, 4) is 5.75 Å². The Balaban J connectivity index is 2.83. The largest absolute Gasteiger partial charge is 0.542 e. The van der Waals surface area contributed by atoms with Crippen molar-refractivity contribution in [3.05, 3.63) is 54.1 Å². The van der Waals surface area contributed by atoms with Gasteiger partial charge in [-0.1, -0.05) is 51.1 Å². The van der Waals surface area contributed by atoms with Crippen LogP contribution in [-0.2, 0) is 11.8 Å². The van der Waals surface area contributed by atoms with E-state index in [2.05, 4.69) is 70.8 Å². The molecule has 0 amide bonds. The van der Waals surface area contributed by atoms with Crippen LogP contribution in [-0.4, -0.2) is 9.04 Å². The van der Waals surface area contributed by atoms with E-state index in [1.54, 1.807) is 0 Å². The Morgan fingerprint density at radius 2 is 1.86 bits per heavy atom. The summed E-state index contributed by atoms with van der Waals surface area (Å²) in [6.07, 6.45) is 2.83. The molecule has 21 heavy (non-hydrogen) atoms. The summed E-state index contributed by atoms with van der Waals surface area (Å²) in [5, 5.41) is 2.59. The van der Waals surface area contributed by atoms with Gasteiger partial charge in [0, 0.05) is 5.56 Å². The van der Waals surface area contributed by atoms with Crippen molar-refractivity contribution < 1.29 is 4.43 Å². The maximum Gasteiger partial charge on any atom is 0.274 e. The van der Waals surface area contributed by atoms with Crippen LogP contribution >= 0.6 is 0 Å². The summed E-state index contributed by atoms with van der Waals surface area (Å²) >= 11 is 0. The smallest absolute Gasteiger partial charge is 0.274 e. The van der Waals surface area contributed by atoms with E-state index in [1.807, 2.05) is 6.08 Å². The zero-order valence-electron chi connectivity index (χ0n) is 13.8. The van der Waals surface area contributed by atoms with Crippen LogP contribution < -0.4 is 4.43 Å². The van der Waals surface area contributed by atoms with Crippen LogP contribution in [0.1, 0.15) is 31.9 Å². The molecule has 0 N–H and O–H groups in total. The fourth-order valence-electron chi connectivity index (χ4n) is 2.88. The fraction of sp³-hybridized carbons (Fsp3) is 0.368. The van der Waals surface area contributed by atoms with Gasteiger partial charge in [-0.25, -0.2) is 0 Å². The molecule has 0 aromatic heterocycles. The van der Waals surface area contributed by atoms with Crippen molar-refractivity contribution in [1.82, 2.24) is 0 Å². The molecule has 0 saturated heterocycles. The molecule has 0 saturated carbocycles. The van der Waals surface area contributed by atoms with Gasteiger partial charge in [0.15, 0.2) is 0 Å². The minimum absolute atomic E-state index is 0.0751. The van der Waals surface area contributed by atoms with Gasteiger partial charge in [0.05, 0.1) is 0 Å². The quantitative estimate of drug-likeness (QED) is 0.535. The zero-order chi connectivity index (χ0) is 15.6. The van der Waals surface area contributed by atoms with E-state index < -0.39 is 9.04 Å². The molecule has 0 spiro atoms. The zero-order valence-corrected chi connectivity index (χ0v) is 14.8. The molecular formula is C19H25OSi. The maximum absolute atomic E-state index is 6.20. The first-order valence-corrected chi connectivity index (χ1v) is 9.89. The molecule has 111 valence electrons. The standard InChI is InChI=1S/C19H25OSi/c1-7-10-16-17(20-21(5)6)13-14-11-8-9-12-15(14)18(16)19(2,3)4/h7-9,11-13H,1,10H2,2-6H3. The number of hydrogen-bond acceptors (Lipinski definition) is 1. The topological polar surface area (TPSA) is 9.23 Å². The van der Waals surface area contributed by atoms with E-state index in [0.29, 0.717) is 0 Å². The van der Waals surface area contributed by atoms with Gasteiger partial charge in [0.1, 0.15) is 5.75 Å². The number of fused-ring (bicyclic) bond motifs is 1. The minimum atomic E-state index is -0.791. The Bertz CT molecular complexity index is 650. The highest BCUT2D eigenvalue weighted by Gasteiger charge is 2.24. The third kappa shape index (κ3) is 3.38. The summed E-state index contributed by atoms with van der Waals surface area (Å²) < 4.78 is 6.20. The van der Waals surface area contributed by atoms with Crippen LogP contribution in [0, 0.1) is 0 Å². The van der Waals surface area contributed by atoms with Gasteiger partial charge < -0.3 is 4.43 Å². The first kappa shape index (κ1) is 15.8. The third-order valence-electron chi connectivity index (χ3n) is 3.53. The highest BCUT2D eigenvalue weighted by Crippen LogP contribution is 2.39. The van der Waals surface area contributed by atoms with Gasteiger partial charge in [-0.3, -0.25) is 0 Å². The number of rotatable bonds is 4. The molecule has 2 aromatic rings. The van der Waals surface area contributed by atoms with Crippen LogP contribution in [0.5, 0.6) is 5.75 Å². The van der Waals surface area contributed by atoms with Crippen LogP contribution in [0.25, 0.3) is 10.8 Å². The van der Waals surface area contributed by atoms with E-state index in [4.69, 9.17) is 4.43 Å². The SMILES string of the molecule is C=CCc1c(O[Si](C)C)cc2ccccc2c1C(C)(C)C. The first-order chi connectivity index (χ1) is 9.84. The molecule has 2 heteroatoms. The lowest BCUT2D eigenvalue weighted by Crippen LogP contribution is -2.18. The van der Waals surface area contributed by atoms with E-state index in [0.717, 1.165) is 12.2 Å². The molecule has 1 nitrogen and oxygen atoms in total. The highest BCUT2D eigenvalue weighted by molar-refractivity contribution is 6.49. The third-order valence-corrected chi connectivity index (χ3v) is 4.16. The van der Waals surface area contributed by atoms with Crippen molar-refractivity contribution in [2.24, 2.45) is 0 Å². The van der Waals surface area contributed by atoms with Gasteiger partial charge in [-0.15, -0.1) is 6.58 Å². The Morgan fingerprint density at radius 3 is 2.43 bits per heavy atom. The van der Waals surface area contributed by atoms with Crippen molar-refractivity contribution in [2.45, 2.75) is 45.7 Å². The van der Waals surface area contributed by atoms with Gasteiger partial charge in [-0.05, 0) is 47.3 Å². The molecule has 2 rings (SSSR count). The number of hydrogen-bond donors (Lipinski definition) is 0. The van der Waals surface area contributed by atoms with Gasteiger partial charge in [0.2, 0.25) is 0 Å². The fourth-order valence-corrected chi connectivity index (χ4v) is 3.50. The predicted molar refractivity (Wildman–Crippen MR) is 94.7 cm³/mol. The van der Waals surface area contributed by atoms with Gasteiger partial charge in [0.25, 0.3) is 9.04 Å². The van der Waals surface area contributed by atoms with E-state index in [9.17, 15) is 0 Å². The second kappa shape index (κ2) is 6.06. The Morgan fingerprint density at radius 1 is 1.19 bits per heavy atom. The Kier molecular flexibility index (Phi) is 4.57. The van der Waals surface area contributed by atoms with Gasteiger partial charge >= 0.3 is 0 Å². The number of benzene rings is 2. The molecule has 0 aliphatic rings. The van der Waals surface area contributed by atoms with Crippen LogP contribution in [0.4, 0.5) is 0 Å². The summed E-state index contributed by atoms with van der Waals surface area (Å²) in [6, 6.07) is 10.8. The lowest BCUT2D eigenvalue weighted by molar-refractivity contribution is 0.553. The molecular weight excluding hydrogens is 272 g/mol. The highest BCUT2D eigenvalue weighted by atomic mass is 28.3. The van der Waals surface area contributed by atoms with E-state index in [-0.39, 0.29) is 5.41 Å². The van der Waals surface area contributed by atoms with Crippen molar-refractivity contribution in [2.75, 3.05) is 0 Å². The van der Waals surface area contributed by atoms with E-state index in [1.165, 1.54) is 21.9 Å². The van der Waals surface area contributed by atoms with Crippen molar-refractivity contribution in [3.63, 3.8) is 0 Å². The minimum Gasteiger partial charge on any atom is -0.542 e. The second-order valence-electron chi connectivity index (χ2n) is 6.70. The van der Waals surface area contributed by atoms with E-state index >= 15 is 0 Å². The molecule has 0 fully saturated rings. The Labute approximate surface area is 130 Å². The summed E-state index contributed by atoms with van der Waals surface area (Å²) in [4.78, 5) is 0. The molecule has 0 aliphatic heterocycles. The van der Waals surface area contributed by atoms with Crippen LogP contribution in [0.2, 0.25) is 13.1 Å². The normalized spacial score (nSPS) is 11.9. The maximum atomic E-state index is 6.20. The number of allylic oxidation sites excluding steroid dienone is 1. The molecule has 2 aromatic carbocycles. The predicted octanol–water partition coefficient (Wildman–Crippen LogP) is 5.50. The molecule has 1 radical (unpaired) electrons. The monoisotopic (exact) mass is 297 g/mol. The average molecular weight is 297 g/mol. The van der Waals surface area contributed by atoms with Crippen LogP contribution in [0.15, 0.2) is 43.0 Å². The van der Waals surface area contributed by atoms with Crippen LogP contribution in [0.3, 0.4) is 0 Å². The molecule has 0 unspecified atom stereocenters. The second-order valence-corrected chi connectivity index (χ2v) is 8.72. The lowest BCUT2D eigenvalue weighted by Gasteiger charge is -2.27. The Hall–Kier alpha value is -1.54. The van der Waals surface area contributed by atoms with Gasteiger partial charge in [-0.2, -0.15) is 0 Å². The molecule has 0 bridgehead atoms. The summed E-state index contributed by atoms with van der Waals surface area (Å²) in [6.45, 7) is 15.1. The van der Waals surface area contributed by atoms with Crippen molar-refractivity contribution >= 4 is 19.8 Å². The molecule has 0 aliphatic carbocycles. The summed E-state index contributed by atoms with van der Waals surface area (Å²) in [5.74, 6) is 1.04. The average Bonchev–Trinajstić information content (AvgIpc) is 2.37. The first-order valence-electron chi connectivity index (χ1n) is 7.48. The molecule has 0 atom stereocenters. The van der Waals surface area contributed by atoms with Crippen molar-refractivity contribution in [1.29, 1.82) is 0 Å². The summed E-state index contributed by atoms with van der Waals surface area (Å²) in [5.41, 5.74) is 2.76. The lowest BCUT2D eigenvalue weighted by atomic mass is 9.79. The molecule has 0 heterocycles.